The van der Waals surface area contributed by atoms with Crippen LogP contribution in [0.2, 0.25) is 0 Å². The van der Waals surface area contributed by atoms with Crippen molar-refractivity contribution in [2.45, 2.75) is 38.8 Å². The van der Waals surface area contributed by atoms with E-state index in [0.29, 0.717) is 6.04 Å². The number of aryl methyl sites for hydroxylation is 1. The van der Waals surface area contributed by atoms with Gasteiger partial charge in [-0.25, -0.2) is 4.79 Å². The second-order valence-electron chi connectivity index (χ2n) is 6.50. The molecule has 124 valence electrons. The van der Waals surface area contributed by atoms with Crippen molar-refractivity contribution < 1.29 is 4.79 Å². The van der Waals surface area contributed by atoms with E-state index >= 15 is 0 Å². The highest BCUT2D eigenvalue weighted by Gasteiger charge is 2.32. The Balaban J connectivity index is 1.85. The molecular weight excluding hydrogens is 286 g/mol. The first kappa shape index (κ1) is 16.1. The van der Waals surface area contributed by atoms with E-state index in [0.717, 1.165) is 32.5 Å². The second-order valence-corrected chi connectivity index (χ2v) is 6.50. The first-order chi connectivity index (χ1) is 11.1. The van der Waals surface area contributed by atoms with Gasteiger partial charge in [-0.3, -0.25) is 4.90 Å². The van der Waals surface area contributed by atoms with Crippen LogP contribution in [0.1, 0.15) is 31.4 Å². The summed E-state index contributed by atoms with van der Waals surface area (Å²) < 4.78 is 0. The molecule has 1 heterocycles. The van der Waals surface area contributed by atoms with Crippen LogP contribution in [-0.2, 0) is 6.42 Å². The van der Waals surface area contributed by atoms with E-state index in [9.17, 15) is 4.79 Å². The maximum atomic E-state index is 12.4. The Labute approximate surface area is 139 Å². The van der Waals surface area contributed by atoms with Crippen molar-refractivity contribution in [3.63, 3.8) is 0 Å². The van der Waals surface area contributed by atoms with Crippen LogP contribution in [0.4, 0.5) is 4.79 Å². The molecule has 1 aliphatic heterocycles. The number of amides is 2. The zero-order valence-corrected chi connectivity index (χ0v) is 14.4. The van der Waals surface area contributed by atoms with Gasteiger partial charge in [-0.1, -0.05) is 30.3 Å². The molecule has 0 aromatic heterocycles. The summed E-state index contributed by atoms with van der Waals surface area (Å²) >= 11 is 0. The van der Waals surface area contributed by atoms with Crippen LogP contribution >= 0.6 is 0 Å². The molecule has 1 aliphatic carbocycles. The van der Waals surface area contributed by atoms with Crippen molar-refractivity contribution in [1.82, 2.24) is 15.1 Å². The molecule has 0 fully saturated rings. The number of nitrogens with zero attached hydrogens (tertiary/aromatic N) is 2. The van der Waals surface area contributed by atoms with Gasteiger partial charge in [-0.15, -0.1) is 0 Å². The van der Waals surface area contributed by atoms with Crippen molar-refractivity contribution >= 4 is 11.6 Å². The molecule has 1 N–H and O–H groups in total. The molecule has 4 nitrogen and oxygen atoms in total. The zero-order chi connectivity index (χ0) is 16.4. The lowest BCUT2D eigenvalue weighted by Gasteiger charge is -2.41. The third-order valence-corrected chi connectivity index (χ3v) is 5.13. The molecular formula is C19H27N3O. The molecule has 0 saturated carbocycles. The topological polar surface area (TPSA) is 35.6 Å². The number of carbonyl (C=O) groups excluding carboxylic acids is 1. The fourth-order valence-corrected chi connectivity index (χ4v) is 3.86. The van der Waals surface area contributed by atoms with Gasteiger partial charge >= 0.3 is 6.03 Å². The number of hydrogen-bond acceptors (Lipinski definition) is 2. The standard InChI is InChI=1S/C19H27N3O/c1-4-22(5-2)19(23)20-15-12-17-16-9-7-6-8-14(16)10-11-18(17)21(3)13-15/h6-9,12,15,18H,4-5,10-11,13H2,1-3H3,(H,20,23)/t15-,18-/m1/s1. The molecule has 0 saturated heterocycles. The summed E-state index contributed by atoms with van der Waals surface area (Å²) in [5.74, 6) is 0. The summed E-state index contributed by atoms with van der Waals surface area (Å²) in [7, 11) is 2.17. The highest BCUT2D eigenvalue weighted by molar-refractivity contribution is 5.78. The van der Waals surface area contributed by atoms with Gasteiger partial charge in [0.25, 0.3) is 0 Å². The minimum Gasteiger partial charge on any atom is -0.330 e. The number of fused-ring (bicyclic) bond motifs is 3. The summed E-state index contributed by atoms with van der Waals surface area (Å²) in [6.45, 7) is 6.40. The Hall–Kier alpha value is -1.81. The number of rotatable bonds is 3. The predicted octanol–water partition coefficient (Wildman–Crippen LogP) is 2.75. The molecule has 23 heavy (non-hydrogen) atoms. The van der Waals surface area contributed by atoms with Gasteiger partial charge in [-0.2, -0.15) is 0 Å². The quantitative estimate of drug-likeness (QED) is 0.931. The van der Waals surface area contributed by atoms with Crippen LogP contribution in [0.15, 0.2) is 30.3 Å². The van der Waals surface area contributed by atoms with Crippen LogP contribution in [0.5, 0.6) is 0 Å². The Kier molecular flexibility index (Phi) is 4.71. The summed E-state index contributed by atoms with van der Waals surface area (Å²) in [6.07, 6.45) is 4.58. The smallest absolute Gasteiger partial charge is 0.317 e. The average molecular weight is 313 g/mol. The van der Waals surface area contributed by atoms with Gasteiger partial charge < -0.3 is 10.2 Å². The van der Waals surface area contributed by atoms with E-state index in [1.807, 2.05) is 18.7 Å². The molecule has 2 atom stereocenters. The molecule has 2 aliphatic rings. The fraction of sp³-hybridized carbons (Fsp3) is 0.526. The van der Waals surface area contributed by atoms with E-state index < -0.39 is 0 Å². The molecule has 0 unspecified atom stereocenters. The van der Waals surface area contributed by atoms with E-state index in [4.69, 9.17) is 0 Å². The maximum absolute atomic E-state index is 12.4. The lowest BCUT2D eigenvalue weighted by Crippen LogP contribution is -2.52. The van der Waals surface area contributed by atoms with E-state index in [2.05, 4.69) is 47.6 Å². The number of nitrogens with one attached hydrogen (secondary N) is 1. The molecule has 4 heteroatoms. The van der Waals surface area contributed by atoms with Crippen LogP contribution in [-0.4, -0.2) is 54.6 Å². The van der Waals surface area contributed by atoms with E-state index in [1.54, 1.807) is 0 Å². The van der Waals surface area contributed by atoms with Crippen LogP contribution < -0.4 is 5.32 Å². The van der Waals surface area contributed by atoms with E-state index in [-0.39, 0.29) is 12.1 Å². The molecule has 3 rings (SSSR count). The lowest BCUT2D eigenvalue weighted by atomic mass is 9.80. The largest absolute Gasteiger partial charge is 0.330 e. The minimum absolute atomic E-state index is 0.0350. The summed E-state index contributed by atoms with van der Waals surface area (Å²) in [6, 6.07) is 9.26. The first-order valence-corrected chi connectivity index (χ1v) is 8.69. The average Bonchev–Trinajstić information content (AvgIpc) is 2.56. The van der Waals surface area contributed by atoms with Crippen molar-refractivity contribution in [2.24, 2.45) is 0 Å². The fourth-order valence-electron chi connectivity index (χ4n) is 3.86. The summed E-state index contributed by atoms with van der Waals surface area (Å²) in [4.78, 5) is 16.6. The van der Waals surface area contributed by atoms with Gasteiger partial charge in [0.1, 0.15) is 0 Å². The molecule has 2 amide bonds. The highest BCUT2D eigenvalue weighted by Crippen LogP contribution is 2.36. The lowest BCUT2D eigenvalue weighted by molar-refractivity contribution is 0.192. The van der Waals surface area contributed by atoms with E-state index in [1.165, 1.54) is 16.7 Å². The first-order valence-electron chi connectivity index (χ1n) is 8.69. The maximum Gasteiger partial charge on any atom is 0.317 e. The SMILES string of the molecule is CCN(CC)C(=O)N[C@@H]1C=C2c3ccccc3CC[C@H]2N(C)C1. The Bertz CT molecular complexity index is 606. The van der Waals surface area contributed by atoms with Crippen molar-refractivity contribution in [1.29, 1.82) is 0 Å². The Morgan fingerprint density at radius 2 is 2.04 bits per heavy atom. The Morgan fingerprint density at radius 3 is 2.78 bits per heavy atom. The second kappa shape index (κ2) is 6.75. The minimum atomic E-state index is 0.0350. The number of hydrogen-bond donors (Lipinski definition) is 1. The van der Waals surface area contributed by atoms with Crippen molar-refractivity contribution in [2.75, 3.05) is 26.7 Å². The number of carbonyl (C=O) groups is 1. The number of likely N-dealkylation sites (N-methyl/N-ethyl adjacent to an activating group) is 1. The van der Waals surface area contributed by atoms with Gasteiger partial charge in [-0.05, 0) is 50.4 Å². The number of benzene rings is 1. The van der Waals surface area contributed by atoms with Crippen LogP contribution in [0.25, 0.3) is 5.57 Å². The summed E-state index contributed by atoms with van der Waals surface area (Å²) in [5, 5.41) is 3.18. The molecule has 1 aromatic rings. The van der Waals surface area contributed by atoms with Gasteiger partial charge in [0.15, 0.2) is 0 Å². The highest BCUT2D eigenvalue weighted by atomic mass is 16.2. The van der Waals surface area contributed by atoms with Gasteiger partial charge in [0.2, 0.25) is 0 Å². The Morgan fingerprint density at radius 1 is 1.30 bits per heavy atom. The number of urea groups is 1. The predicted molar refractivity (Wildman–Crippen MR) is 94.4 cm³/mol. The third-order valence-electron chi connectivity index (χ3n) is 5.13. The summed E-state index contributed by atoms with van der Waals surface area (Å²) in [5.41, 5.74) is 4.17. The van der Waals surface area contributed by atoms with Crippen LogP contribution in [0, 0.1) is 0 Å². The van der Waals surface area contributed by atoms with Crippen LogP contribution in [0.3, 0.4) is 0 Å². The van der Waals surface area contributed by atoms with Gasteiger partial charge in [0, 0.05) is 25.7 Å². The monoisotopic (exact) mass is 313 g/mol. The molecule has 1 aromatic carbocycles. The normalized spacial score (nSPS) is 23.5. The zero-order valence-electron chi connectivity index (χ0n) is 14.4. The molecule has 0 spiro atoms. The van der Waals surface area contributed by atoms with Crippen molar-refractivity contribution in [3.05, 3.63) is 41.5 Å². The molecule has 0 radical (unpaired) electrons. The van der Waals surface area contributed by atoms with Gasteiger partial charge in [0.05, 0.1) is 6.04 Å². The third kappa shape index (κ3) is 3.13. The molecule has 0 bridgehead atoms. The van der Waals surface area contributed by atoms with Crippen molar-refractivity contribution in [3.8, 4) is 0 Å².